The van der Waals surface area contributed by atoms with Crippen molar-refractivity contribution in [1.29, 1.82) is 0 Å². The number of likely N-dealkylation sites (tertiary alicyclic amines) is 1. The van der Waals surface area contributed by atoms with Gasteiger partial charge in [-0.25, -0.2) is 14.4 Å². The molecule has 0 spiro atoms. The van der Waals surface area contributed by atoms with E-state index in [1.54, 1.807) is 21.2 Å². The molecule has 2 aliphatic rings. The van der Waals surface area contributed by atoms with Crippen LogP contribution in [0.15, 0.2) is 60.0 Å². The Morgan fingerprint density at radius 1 is 1.00 bits per heavy atom. The molecule has 2 aromatic carbocycles. The van der Waals surface area contributed by atoms with Crippen LogP contribution in [0.4, 0.5) is 9.59 Å². The lowest BCUT2D eigenvalue weighted by Crippen LogP contribution is -2.42. The van der Waals surface area contributed by atoms with E-state index in [1.807, 2.05) is 45.0 Å². The van der Waals surface area contributed by atoms with Crippen LogP contribution in [0.5, 0.6) is 0 Å². The average molecular weight is 577 g/mol. The molecule has 1 aliphatic heterocycles. The molecular weight excluding hydrogens is 540 g/mol. The minimum atomic E-state index is -0.998. The summed E-state index contributed by atoms with van der Waals surface area (Å²) in [6.07, 6.45) is 1.19. The number of carbonyl (C=O) groups excluding carboxylic acids is 2. The number of benzene rings is 2. The molecule has 1 fully saturated rings. The molecule has 1 atom stereocenters. The first-order chi connectivity index (χ1) is 19.6. The molecule has 1 N–H and O–H groups in total. The third kappa shape index (κ3) is 6.56. The zero-order valence-corrected chi connectivity index (χ0v) is 24.5. The number of ether oxygens (including phenoxy) is 2. The molecule has 1 saturated heterocycles. The minimum absolute atomic E-state index is 0.0645. The SMILES string of the molecule is CC(C)(C)OC(=O)N1CCCC(N(Cc2cc(C(=O)O)cs2)C(=O)OCC2c3ccccc3-c3ccccc32)CC1. The zero-order chi connectivity index (χ0) is 29.1. The molecule has 8 nitrogen and oxygen atoms in total. The van der Waals surface area contributed by atoms with Gasteiger partial charge in [0.15, 0.2) is 0 Å². The largest absolute Gasteiger partial charge is 0.478 e. The Kier molecular flexibility index (Phi) is 8.35. The van der Waals surface area contributed by atoms with E-state index in [0.29, 0.717) is 32.4 Å². The van der Waals surface area contributed by atoms with Gasteiger partial charge in [0.25, 0.3) is 0 Å². The molecule has 0 radical (unpaired) electrons. The Labute approximate surface area is 244 Å². The van der Waals surface area contributed by atoms with Gasteiger partial charge in [-0.2, -0.15) is 0 Å². The van der Waals surface area contributed by atoms with E-state index in [4.69, 9.17) is 9.47 Å². The van der Waals surface area contributed by atoms with Gasteiger partial charge in [0, 0.05) is 35.3 Å². The first-order valence-corrected chi connectivity index (χ1v) is 14.9. The molecule has 41 heavy (non-hydrogen) atoms. The van der Waals surface area contributed by atoms with Crippen LogP contribution in [-0.2, 0) is 16.0 Å². The molecule has 1 unspecified atom stereocenters. The van der Waals surface area contributed by atoms with Gasteiger partial charge in [0.1, 0.15) is 12.2 Å². The Balaban J connectivity index is 1.33. The van der Waals surface area contributed by atoms with Crippen LogP contribution in [0, 0.1) is 0 Å². The molecular formula is C32H36N2O6S. The molecule has 216 valence electrons. The van der Waals surface area contributed by atoms with Crippen LogP contribution in [-0.4, -0.2) is 64.4 Å². The van der Waals surface area contributed by atoms with Crippen LogP contribution < -0.4 is 0 Å². The number of hydrogen-bond acceptors (Lipinski definition) is 6. The summed E-state index contributed by atoms with van der Waals surface area (Å²) < 4.78 is 11.6. The van der Waals surface area contributed by atoms with Gasteiger partial charge in [-0.15, -0.1) is 11.3 Å². The molecule has 2 amide bonds. The van der Waals surface area contributed by atoms with Crippen molar-refractivity contribution in [3.8, 4) is 11.1 Å². The fraction of sp³-hybridized carbons (Fsp3) is 0.406. The maximum Gasteiger partial charge on any atom is 0.410 e. The topological polar surface area (TPSA) is 96.4 Å². The predicted molar refractivity (Wildman–Crippen MR) is 157 cm³/mol. The van der Waals surface area contributed by atoms with E-state index >= 15 is 0 Å². The number of carboxylic acid groups (broad SMARTS) is 1. The molecule has 5 rings (SSSR count). The summed E-state index contributed by atoms with van der Waals surface area (Å²) >= 11 is 1.31. The molecule has 3 aromatic rings. The van der Waals surface area contributed by atoms with Gasteiger partial charge < -0.3 is 24.4 Å². The van der Waals surface area contributed by atoms with Gasteiger partial charge in [0.2, 0.25) is 0 Å². The number of amides is 2. The third-order valence-corrected chi connectivity index (χ3v) is 8.51. The smallest absolute Gasteiger partial charge is 0.410 e. The van der Waals surface area contributed by atoms with Crippen molar-refractivity contribution in [2.24, 2.45) is 0 Å². The van der Waals surface area contributed by atoms with Gasteiger partial charge >= 0.3 is 18.2 Å². The molecule has 0 bridgehead atoms. The number of aromatic carboxylic acids is 1. The summed E-state index contributed by atoms with van der Waals surface area (Å²) in [6, 6.07) is 17.9. The van der Waals surface area contributed by atoms with E-state index < -0.39 is 17.7 Å². The van der Waals surface area contributed by atoms with Crippen LogP contribution in [0.2, 0.25) is 0 Å². The lowest BCUT2D eigenvalue weighted by atomic mass is 9.98. The fourth-order valence-corrected chi connectivity index (χ4v) is 6.52. The first-order valence-electron chi connectivity index (χ1n) is 14.0. The zero-order valence-electron chi connectivity index (χ0n) is 23.7. The Morgan fingerprint density at radius 2 is 1.66 bits per heavy atom. The van der Waals surface area contributed by atoms with Gasteiger partial charge in [-0.3, -0.25) is 0 Å². The molecule has 9 heteroatoms. The van der Waals surface area contributed by atoms with Gasteiger partial charge in [-0.05, 0) is 68.4 Å². The molecule has 1 aliphatic carbocycles. The standard InChI is InChI=1S/C32H36N2O6S/c1-32(2,3)40-30(37)33-15-8-9-22(14-16-33)34(18-23-17-21(20-41-23)29(35)36)31(38)39-19-28-26-12-6-4-10-24(26)25-11-5-7-13-27(25)28/h4-7,10-13,17,20,22,28H,8-9,14-16,18-19H2,1-3H3,(H,35,36). The average Bonchev–Trinajstić information content (AvgIpc) is 3.44. The third-order valence-electron chi connectivity index (χ3n) is 7.59. The molecule has 0 saturated carbocycles. The van der Waals surface area contributed by atoms with Crippen LogP contribution in [0.25, 0.3) is 11.1 Å². The number of carboxylic acids is 1. The van der Waals surface area contributed by atoms with E-state index in [0.717, 1.165) is 27.1 Å². The highest BCUT2D eigenvalue weighted by molar-refractivity contribution is 7.10. The highest BCUT2D eigenvalue weighted by Gasteiger charge is 2.33. The van der Waals surface area contributed by atoms with E-state index in [1.165, 1.54) is 11.3 Å². The van der Waals surface area contributed by atoms with Crippen molar-refractivity contribution >= 4 is 29.5 Å². The second-order valence-corrected chi connectivity index (χ2v) is 12.6. The van der Waals surface area contributed by atoms with E-state index in [-0.39, 0.29) is 36.8 Å². The summed E-state index contributed by atoms with van der Waals surface area (Å²) in [5, 5.41) is 11.0. The Morgan fingerprint density at radius 3 is 2.27 bits per heavy atom. The van der Waals surface area contributed by atoms with Crippen LogP contribution in [0.3, 0.4) is 0 Å². The number of thiophene rings is 1. The van der Waals surface area contributed by atoms with Crippen molar-refractivity contribution < 1.29 is 29.0 Å². The van der Waals surface area contributed by atoms with Crippen LogP contribution >= 0.6 is 11.3 Å². The van der Waals surface area contributed by atoms with Crippen molar-refractivity contribution in [3.63, 3.8) is 0 Å². The summed E-state index contributed by atoms with van der Waals surface area (Å²) in [7, 11) is 0. The maximum absolute atomic E-state index is 13.8. The highest BCUT2D eigenvalue weighted by Crippen LogP contribution is 2.44. The fourth-order valence-electron chi connectivity index (χ4n) is 5.66. The lowest BCUT2D eigenvalue weighted by molar-refractivity contribution is 0.0252. The quantitative estimate of drug-likeness (QED) is 0.340. The number of carbonyl (C=O) groups is 3. The van der Waals surface area contributed by atoms with Crippen molar-refractivity contribution in [2.45, 2.75) is 64.1 Å². The summed E-state index contributed by atoms with van der Waals surface area (Å²) in [4.78, 5) is 42.2. The predicted octanol–water partition coefficient (Wildman–Crippen LogP) is 6.99. The number of fused-ring (bicyclic) bond motifs is 3. The number of nitrogens with zero attached hydrogens (tertiary/aromatic N) is 2. The molecule has 2 heterocycles. The van der Waals surface area contributed by atoms with Crippen molar-refractivity contribution in [1.82, 2.24) is 9.80 Å². The molecule has 1 aromatic heterocycles. The van der Waals surface area contributed by atoms with Gasteiger partial charge in [0.05, 0.1) is 12.1 Å². The van der Waals surface area contributed by atoms with Gasteiger partial charge in [-0.1, -0.05) is 48.5 Å². The second-order valence-electron chi connectivity index (χ2n) is 11.6. The Bertz CT molecular complexity index is 1380. The van der Waals surface area contributed by atoms with Crippen molar-refractivity contribution in [2.75, 3.05) is 19.7 Å². The second kappa shape index (κ2) is 11.9. The number of hydrogen-bond donors (Lipinski definition) is 1. The first kappa shape index (κ1) is 28.7. The number of rotatable bonds is 6. The maximum atomic E-state index is 13.8. The summed E-state index contributed by atoms with van der Waals surface area (Å²) in [6.45, 7) is 6.98. The van der Waals surface area contributed by atoms with Crippen molar-refractivity contribution in [3.05, 3.63) is 81.5 Å². The van der Waals surface area contributed by atoms with E-state index in [9.17, 15) is 19.5 Å². The normalized spacial score (nSPS) is 16.9. The monoisotopic (exact) mass is 576 g/mol. The van der Waals surface area contributed by atoms with Crippen LogP contribution in [0.1, 0.15) is 72.3 Å². The minimum Gasteiger partial charge on any atom is -0.478 e. The highest BCUT2D eigenvalue weighted by atomic mass is 32.1. The Hall–Kier alpha value is -3.85. The summed E-state index contributed by atoms with van der Waals surface area (Å²) in [5.41, 5.74) is 4.21. The lowest BCUT2D eigenvalue weighted by Gasteiger charge is -2.31. The van der Waals surface area contributed by atoms with E-state index in [2.05, 4.69) is 24.3 Å². The summed E-state index contributed by atoms with van der Waals surface area (Å²) in [5.74, 6) is -1.06.